The molecule has 0 unspecified atom stereocenters. The van der Waals surface area contributed by atoms with Crippen LogP contribution in [0.25, 0.3) is 5.76 Å². The molecule has 0 saturated heterocycles. The molecule has 1 radical (unpaired) electrons. The molecule has 1 saturated carbocycles. The summed E-state index contributed by atoms with van der Waals surface area (Å²) in [4.78, 5) is 39.8. The number of fused-ring (bicyclic) bond motifs is 1. The average Bonchev–Trinajstić information content (AvgIpc) is 3.20. The van der Waals surface area contributed by atoms with Crippen molar-refractivity contribution in [2.24, 2.45) is 0 Å². The number of amides is 2. The molecule has 9 heteroatoms. The fourth-order valence-electron chi connectivity index (χ4n) is 5.09. The van der Waals surface area contributed by atoms with Crippen LogP contribution in [0, 0.1) is 0 Å². The molecule has 34 heavy (non-hydrogen) atoms. The van der Waals surface area contributed by atoms with Crippen LogP contribution in [0.2, 0.25) is 24.7 Å². The first-order valence-electron chi connectivity index (χ1n) is 11.5. The van der Waals surface area contributed by atoms with E-state index in [1.54, 1.807) is 35.6 Å². The predicted octanol–water partition coefficient (Wildman–Crippen LogP) is 4.18. The SMILES string of the molecule is CC1(C)c2nn([C]=O)c(NC(=O)C3([Si](C)(C)C)CCC3)c2CN1C(=O)/C=C(/O)c1ccccc1. The van der Waals surface area contributed by atoms with Crippen LogP contribution >= 0.6 is 0 Å². The number of nitrogens with zero attached hydrogens (tertiary/aromatic N) is 3. The summed E-state index contributed by atoms with van der Waals surface area (Å²) in [6.45, 7) is 10.4. The molecule has 0 bridgehead atoms. The summed E-state index contributed by atoms with van der Waals surface area (Å²) in [5.74, 6) is -0.325. The quantitative estimate of drug-likeness (QED) is 0.367. The van der Waals surface area contributed by atoms with Crippen molar-refractivity contribution in [1.82, 2.24) is 14.7 Å². The van der Waals surface area contributed by atoms with Crippen molar-refractivity contribution in [2.45, 2.75) is 69.9 Å². The topological polar surface area (TPSA) is 105 Å². The summed E-state index contributed by atoms with van der Waals surface area (Å²) in [6.07, 6.45) is 5.68. The lowest BCUT2D eigenvalue weighted by Gasteiger charge is -2.48. The molecule has 0 spiro atoms. The van der Waals surface area contributed by atoms with E-state index in [1.807, 2.05) is 19.9 Å². The second-order valence-corrected chi connectivity index (χ2v) is 16.2. The first-order valence-corrected chi connectivity index (χ1v) is 15.0. The van der Waals surface area contributed by atoms with Gasteiger partial charge in [0.25, 0.3) is 5.91 Å². The first-order chi connectivity index (χ1) is 15.9. The zero-order valence-electron chi connectivity index (χ0n) is 20.3. The predicted molar refractivity (Wildman–Crippen MR) is 132 cm³/mol. The van der Waals surface area contributed by atoms with Gasteiger partial charge in [0.05, 0.1) is 25.9 Å². The third kappa shape index (κ3) is 3.68. The van der Waals surface area contributed by atoms with E-state index in [0.717, 1.165) is 23.9 Å². The zero-order valence-corrected chi connectivity index (χ0v) is 21.3. The standard InChI is InChI=1S/C25H31N4O4Si/c1-24(2)21-18(15-28(24)20(32)14-19(31)17-10-7-6-8-11-17)22(29(16-30)27-21)26-23(33)25(12-9-13-25)34(3,4)5/h6-8,10-11,14,31H,9,12-13,15H2,1-5H3,(H,26,33)/b19-14+. The van der Waals surface area contributed by atoms with E-state index < -0.39 is 13.6 Å². The molecule has 2 aliphatic rings. The number of aliphatic hydroxyl groups is 1. The average molecular weight is 480 g/mol. The molecule has 179 valence electrons. The monoisotopic (exact) mass is 479 g/mol. The molecule has 1 aliphatic carbocycles. The van der Waals surface area contributed by atoms with Crippen molar-refractivity contribution in [3.05, 3.63) is 53.2 Å². The van der Waals surface area contributed by atoms with Crippen molar-refractivity contribution in [3.8, 4) is 0 Å². The van der Waals surface area contributed by atoms with E-state index in [4.69, 9.17) is 0 Å². The molecule has 2 amide bonds. The first kappa shape index (κ1) is 23.9. The summed E-state index contributed by atoms with van der Waals surface area (Å²) < 4.78 is 1.04. The summed E-state index contributed by atoms with van der Waals surface area (Å²) in [5, 5.41) is 17.4. The van der Waals surface area contributed by atoms with E-state index in [9.17, 15) is 19.5 Å². The maximum atomic E-state index is 13.4. The highest BCUT2D eigenvalue weighted by Gasteiger charge is 2.54. The maximum absolute atomic E-state index is 13.4. The van der Waals surface area contributed by atoms with Crippen LogP contribution in [0.15, 0.2) is 36.4 Å². The largest absolute Gasteiger partial charge is 0.507 e. The summed E-state index contributed by atoms with van der Waals surface area (Å²) >= 11 is 0. The number of hydrogen-bond donors (Lipinski definition) is 2. The molecule has 2 N–H and O–H groups in total. The van der Waals surface area contributed by atoms with Gasteiger partial charge >= 0.3 is 6.41 Å². The highest BCUT2D eigenvalue weighted by molar-refractivity contribution is 6.83. The lowest BCUT2D eigenvalue weighted by molar-refractivity contribution is -0.131. The molecule has 2 heterocycles. The summed E-state index contributed by atoms with van der Waals surface area (Å²) in [7, 11) is -1.82. The van der Waals surface area contributed by atoms with Crippen LogP contribution in [0.3, 0.4) is 0 Å². The Kier molecular flexibility index (Phi) is 5.79. The Morgan fingerprint density at radius 2 is 1.82 bits per heavy atom. The van der Waals surface area contributed by atoms with Crippen molar-refractivity contribution in [3.63, 3.8) is 0 Å². The van der Waals surface area contributed by atoms with E-state index in [1.165, 1.54) is 6.08 Å². The second kappa shape index (κ2) is 8.23. The van der Waals surface area contributed by atoms with Crippen LogP contribution in [0.5, 0.6) is 0 Å². The second-order valence-electron chi connectivity index (χ2n) is 10.7. The number of hydrogen-bond acceptors (Lipinski definition) is 5. The maximum Gasteiger partial charge on any atom is 0.340 e. The van der Waals surface area contributed by atoms with Crippen LogP contribution in [0.1, 0.15) is 49.9 Å². The number of nitrogens with one attached hydrogen (secondary N) is 1. The van der Waals surface area contributed by atoms with Gasteiger partial charge in [-0.3, -0.25) is 14.4 Å². The molecule has 1 aromatic carbocycles. The molecular formula is C25H31N4O4Si. The van der Waals surface area contributed by atoms with Crippen molar-refractivity contribution in [1.29, 1.82) is 0 Å². The molecule has 1 aliphatic heterocycles. The minimum Gasteiger partial charge on any atom is -0.507 e. The zero-order chi connectivity index (χ0) is 24.9. The fourth-order valence-corrected chi connectivity index (χ4v) is 7.68. The third-order valence-corrected chi connectivity index (χ3v) is 11.1. The fraction of sp³-hybridized carbons (Fsp3) is 0.440. The number of rotatable bonds is 6. The van der Waals surface area contributed by atoms with Crippen LogP contribution in [-0.2, 0) is 26.5 Å². The highest BCUT2D eigenvalue weighted by Crippen LogP contribution is 2.56. The number of benzene rings is 1. The van der Waals surface area contributed by atoms with Gasteiger partial charge in [-0.15, -0.1) is 0 Å². The van der Waals surface area contributed by atoms with E-state index >= 15 is 0 Å². The van der Waals surface area contributed by atoms with Gasteiger partial charge in [0.15, 0.2) is 0 Å². The van der Waals surface area contributed by atoms with Gasteiger partial charge in [-0.2, -0.15) is 9.78 Å². The minimum atomic E-state index is -1.82. The number of aliphatic hydroxyl groups excluding tert-OH is 1. The Hall–Kier alpha value is -3.20. The Morgan fingerprint density at radius 3 is 2.35 bits per heavy atom. The van der Waals surface area contributed by atoms with Gasteiger partial charge in [0.1, 0.15) is 11.6 Å². The Bertz CT molecular complexity index is 1170. The smallest absolute Gasteiger partial charge is 0.340 e. The molecule has 4 rings (SSSR count). The third-order valence-electron chi connectivity index (χ3n) is 7.55. The Balaban J connectivity index is 1.64. The van der Waals surface area contributed by atoms with Gasteiger partial charge < -0.3 is 15.3 Å². The Labute approximate surface area is 200 Å². The number of anilines is 1. The summed E-state index contributed by atoms with van der Waals surface area (Å²) in [5.41, 5.74) is 0.834. The van der Waals surface area contributed by atoms with E-state index in [2.05, 4.69) is 30.1 Å². The molecule has 2 aromatic rings. The van der Waals surface area contributed by atoms with Gasteiger partial charge in [-0.05, 0) is 26.7 Å². The van der Waals surface area contributed by atoms with Gasteiger partial charge in [0.2, 0.25) is 5.91 Å². The molecular weight excluding hydrogens is 448 g/mol. The molecule has 1 fully saturated rings. The van der Waals surface area contributed by atoms with Crippen LogP contribution in [0.4, 0.5) is 5.82 Å². The summed E-state index contributed by atoms with van der Waals surface area (Å²) in [6, 6.07) is 8.83. The van der Waals surface area contributed by atoms with Crippen LogP contribution < -0.4 is 5.32 Å². The Morgan fingerprint density at radius 1 is 1.18 bits per heavy atom. The van der Waals surface area contributed by atoms with Gasteiger partial charge in [0, 0.05) is 22.2 Å². The van der Waals surface area contributed by atoms with Crippen LogP contribution in [-0.4, -0.2) is 46.1 Å². The number of carbonyl (C=O) groups excluding carboxylic acids is 3. The van der Waals surface area contributed by atoms with Crippen molar-refractivity contribution >= 4 is 37.9 Å². The van der Waals surface area contributed by atoms with Gasteiger partial charge in [-0.25, -0.2) is 0 Å². The van der Waals surface area contributed by atoms with E-state index in [-0.39, 0.29) is 35.0 Å². The van der Waals surface area contributed by atoms with Crippen molar-refractivity contribution in [2.75, 3.05) is 5.32 Å². The van der Waals surface area contributed by atoms with Crippen molar-refractivity contribution < 1.29 is 19.5 Å². The van der Waals surface area contributed by atoms with E-state index in [0.29, 0.717) is 16.8 Å². The van der Waals surface area contributed by atoms with Gasteiger partial charge in [-0.1, -0.05) is 56.4 Å². The molecule has 8 nitrogen and oxygen atoms in total. The highest BCUT2D eigenvalue weighted by atomic mass is 28.3. The normalized spacial score (nSPS) is 18.7. The lowest BCUT2D eigenvalue weighted by Crippen LogP contribution is -2.52. The number of aromatic nitrogens is 2. The minimum absolute atomic E-state index is 0.0821. The molecule has 1 aromatic heterocycles. The lowest BCUT2D eigenvalue weighted by atomic mass is 9.83. The number of carbonyl (C=O) groups is 2. The molecule has 0 atom stereocenters.